The highest BCUT2D eigenvalue weighted by atomic mass is 16.5. The van der Waals surface area contributed by atoms with Crippen LogP contribution in [0.15, 0.2) is 24.3 Å². The van der Waals surface area contributed by atoms with Gasteiger partial charge in [-0.3, -0.25) is 4.79 Å². The molecule has 2 atom stereocenters. The summed E-state index contributed by atoms with van der Waals surface area (Å²) in [5.74, 6) is 0.951. The van der Waals surface area contributed by atoms with E-state index in [1.807, 2.05) is 29.2 Å². The molecule has 1 amide bonds. The monoisotopic (exact) mass is 304 g/mol. The summed E-state index contributed by atoms with van der Waals surface area (Å²) >= 11 is 0. The molecule has 1 heterocycles. The highest BCUT2D eigenvalue weighted by Gasteiger charge is 2.39. The number of carbonyl (C=O) groups excluding carboxylic acids is 1. The van der Waals surface area contributed by atoms with Gasteiger partial charge in [0, 0.05) is 19.1 Å². The van der Waals surface area contributed by atoms with Crippen molar-refractivity contribution in [2.75, 3.05) is 13.7 Å². The van der Waals surface area contributed by atoms with Crippen LogP contribution in [0.4, 0.5) is 0 Å². The van der Waals surface area contributed by atoms with Crippen LogP contribution in [0.2, 0.25) is 0 Å². The van der Waals surface area contributed by atoms with Gasteiger partial charge in [0.1, 0.15) is 11.9 Å². The lowest BCUT2D eigenvalue weighted by Crippen LogP contribution is -2.40. The van der Waals surface area contributed by atoms with E-state index in [1.165, 1.54) is 0 Å². The molecule has 22 heavy (non-hydrogen) atoms. The van der Waals surface area contributed by atoms with Gasteiger partial charge >= 0.3 is 0 Å². The normalized spacial score (nSPS) is 24.3. The summed E-state index contributed by atoms with van der Waals surface area (Å²) in [5.41, 5.74) is 6.75. The minimum absolute atomic E-state index is 0.0380. The number of nitrogens with two attached hydrogens (primary N) is 1. The second-order valence-corrected chi connectivity index (χ2v) is 6.11. The Kier molecular flexibility index (Phi) is 4.64. The molecule has 1 saturated carbocycles. The fourth-order valence-electron chi connectivity index (χ4n) is 2.95. The Morgan fingerprint density at radius 3 is 2.55 bits per heavy atom. The van der Waals surface area contributed by atoms with Gasteiger partial charge in [-0.2, -0.15) is 0 Å². The fourth-order valence-corrected chi connectivity index (χ4v) is 2.95. The van der Waals surface area contributed by atoms with Crippen molar-refractivity contribution in [1.29, 1.82) is 0 Å². The molecule has 1 aromatic rings. The first-order chi connectivity index (χ1) is 10.7. The molecular formula is C17H24N2O3. The molecule has 1 aliphatic carbocycles. The highest BCUT2D eigenvalue weighted by Crippen LogP contribution is 2.31. The standard InChI is InChI=1S/C17H24N2O3/c1-21-14-6-2-12(3-7-14)11-19(13-4-5-13)17(20)16-9-8-15(10-18)22-16/h2-3,6-7,13,15-16H,4-5,8-11,18H2,1H3/t15-,16+/m1/s1. The summed E-state index contributed by atoms with van der Waals surface area (Å²) in [6, 6.07) is 8.26. The van der Waals surface area contributed by atoms with E-state index in [0.717, 1.165) is 37.0 Å². The van der Waals surface area contributed by atoms with Crippen molar-refractivity contribution in [2.24, 2.45) is 5.73 Å². The largest absolute Gasteiger partial charge is 0.497 e. The van der Waals surface area contributed by atoms with Gasteiger partial charge in [-0.1, -0.05) is 12.1 Å². The Hall–Kier alpha value is -1.59. The Labute approximate surface area is 131 Å². The van der Waals surface area contributed by atoms with Crippen LogP contribution in [-0.2, 0) is 16.1 Å². The molecule has 0 spiro atoms. The van der Waals surface area contributed by atoms with E-state index in [1.54, 1.807) is 7.11 Å². The number of carbonyl (C=O) groups is 1. The third-order valence-electron chi connectivity index (χ3n) is 4.43. The predicted molar refractivity (Wildman–Crippen MR) is 83.5 cm³/mol. The van der Waals surface area contributed by atoms with Gasteiger partial charge in [0.05, 0.1) is 13.2 Å². The molecule has 1 aliphatic heterocycles. The average Bonchev–Trinajstić information content (AvgIpc) is 3.28. The van der Waals surface area contributed by atoms with E-state index in [4.69, 9.17) is 15.2 Å². The second kappa shape index (κ2) is 6.67. The van der Waals surface area contributed by atoms with Crippen LogP contribution in [0.1, 0.15) is 31.2 Å². The van der Waals surface area contributed by atoms with Crippen molar-refractivity contribution < 1.29 is 14.3 Å². The molecular weight excluding hydrogens is 280 g/mol. The van der Waals surface area contributed by atoms with E-state index in [9.17, 15) is 4.79 Å². The summed E-state index contributed by atoms with van der Waals surface area (Å²) in [7, 11) is 1.65. The molecule has 5 heteroatoms. The molecule has 0 aromatic heterocycles. The highest BCUT2D eigenvalue weighted by molar-refractivity contribution is 5.81. The zero-order valence-corrected chi connectivity index (χ0v) is 13.0. The lowest BCUT2D eigenvalue weighted by atomic mass is 10.1. The van der Waals surface area contributed by atoms with Crippen LogP contribution in [0, 0.1) is 0 Å². The van der Waals surface area contributed by atoms with Gasteiger partial charge < -0.3 is 20.1 Å². The van der Waals surface area contributed by atoms with Crippen LogP contribution in [0.25, 0.3) is 0 Å². The third kappa shape index (κ3) is 3.42. The third-order valence-corrected chi connectivity index (χ3v) is 4.43. The Morgan fingerprint density at radius 2 is 2.00 bits per heavy atom. The summed E-state index contributed by atoms with van der Waals surface area (Å²) in [6.45, 7) is 1.13. The molecule has 0 unspecified atom stereocenters. The number of hydrogen-bond donors (Lipinski definition) is 1. The zero-order chi connectivity index (χ0) is 15.5. The van der Waals surface area contributed by atoms with Crippen LogP contribution >= 0.6 is 0 Å². The number of methoxy groups -OCH3 is 1. The average molecular weight is 304 g/mol. The minimum Gasteiger partial charge on any atom is -0.497 e. The van der Waals surface area contributed by atoms with E-state index < -0.39 is 0 Å². The molecule has 5 nitrogen and oxygen atoms in total. The maximum Gasteiger partial charge on any atom is 0.252 e. The molecule has 1 aromatic carbocycles. The van der Waals surface area contributed by atoms with Gasteiger partial charge in [-0.05, 0) is 43.4 Å². The lowest BCUT2D eigenvalue weighted by Gasteiger charge is -2.26. The maximum atomic E-state index is 12.8. The summed E-state index contributed by atoms with van der Waals surface area (Å²) in [4.78, 5) is 14.7. The van der Waals surface area contributed by atoms with Gasteiger partial charge in [0.25, 0.3) is 5.91 Å². The zero-order valence-electron chi connectivity index (χ0n) is 13.0. The van der Waals surface area contributed by atoms with Crippen molar-refractivity contribution in [3.05, 3.63) is 29.8 Å². The Balaban J connectivity index is 1.66. The van der Waals surface area contributed by atoms with Crippen molar-refractivity contribution in [1.82, 2.24) is 4.90 Å². The van der Waals surface area contributed by atoms with Crippen LogP contribution in [0.3, 0.4) is 0 Å². The van der Waals surface area contributed by atoms with E-state index in [2.05, 4.69) is 0 Å². The minimum atomic E-state index is -0.313. The van der Waals surface area contributed by atoms with Crippen LogP contribution in [-0.4, -0.2) is 42.7 Å². The number of amides is 1. The van der Waals surface area contributed by atoms with E-state index in [0.29, 0.717) is 19.1 Å². The van der Waals surface area contributed by atoms with Crippen LogP contribution in [0.5, 0.6) is 5.75 Å². The molecule has 2 aliphatic rings. The van der Waals surface area contributed by atoms with Crippen molar-refractivity contribution in [3.8, 4) is 5.75 Å². The lowest BCUT2D eigenvalue weighted by molar-refractivity contribution is -0.144. The van der Waals surface area contributed by atoms with Gasteiger partial charge in [0.15, 0.2) is 0 Å². The topological polar surface area (TPSA) is 64.8 Å². The number of ether oxygens (including phenoxy) is 2. The molecule has 120 valence electrons. The van der Waals surface area contributed by atoms with Gasteiger partial charge in [-0.15, -0.1) is 0 Å². The first-order valence-corrected chi connectivity index (χ1v) is 8.00. The smallest absolute Gasteiger partial charge is 0.252 e. The second-order valence-electron chi connectivity index (χ2n) is 6.11. The van der Waals surface area contributed by atoms with Crippen molar-refractivity contribution in [3.63, 3.8) is 0 Å². The maximum absolute atomic E-state index is 12.8. The number of benzene rings is 1. The Morgan fingerprint density at radius 1 is 1.27 bits per heavy atom. The molecule has 1 saturated heterocycles. The summed E-state index contributed by atoms with van der Waals surface area (Å²) < 4.78 is 10.9. The number of hydrogen-bond acceptors (Lipinski definition) is 4. The van der Waals surface area contributed by atoms with E-state index >= 15 is 0 Å². The van der Waals surface area contributed by atoms with Crippen LogP contribution < -0.4 is 10.5 Å². The molecule has 2 N–H and O–H groups in total. The fraction of sp³-hybridized carbons (Fsp3) is 0.588. The predicted octanol–water partition coefficient (Wildman–Crippen LogP) is 1.69. The summed E-state index contributed by atoms with van der Waals surface area (Å²) in [6.07, 6.45) is 3.58. The first-order valence-electron chi connectivity index (χ1n) is 8.00. The Bertz CT molecular complexity index is 513. The molecule has 2 fully saturated rings. The van der Waals surface area contributed by atoms with Crippen molar-refractivity contribution in [2.45, 2.75) is 50.5 Å². The van der Waals surface area contributed by atoms with Gasteiger partial charge in [0.2, 0.25) is 0 Å². The number of rotatable bonds is 6. The molecule has 3 rings (SSSR count). The molecule has 0 radical (unpaired) electrons. The summed E-state index contributed by atoms with van der Waals surface area (Å²) in [5, 5.41) is 0. The number of nitrogens with zero attached hydrogens (tertiary/aromatic N) is 1. The van der Waals surface area contributed by atoms with Crippen molar-refractivity contribution >= 4 is 5.91 Å². The first kappa shape index (κ1) is 15.3. The quantitative estimate of drug-likeness (QED) is 0.868. The SMILES string of the molecule is COc1ccc(CN(C(=O)[C@@H]2CC[C@H](CN)O2)C2CC2)cc1. The van der Waals surface area contributed by atoms with E-state index in [-0.39, 0.29) is 18.1 Å². The molecule has 0 bridgehead atoms. The van der Waals surface area contributed by atoms with Gasteiger partial charge in [-0.25, -0.2) is 0 Å².